The van der Waals surface area contributed by atoms with Crippen molar-refractivity contribution < 1.29 is 13.2 Å². The van der Waals surface area contributed by atoms with Gasteiger partial charge in [0.05, 0.1) is 10.5 Å². The van der Waals surface area contributed by atoms with Crippen molar-refractivity contribution in [2.75, 3.05) is 12.3 Å². The summed E-state index contributed by atoms with van der Waals surface area (Å²) in [5.41, 5.74) is 5.80. The molecule has 0 heterocycles. The number of rotatable bonds is 6. The molecule has 0 spiro atoms. The molecule has 0 amide bonds. The SMILES string of the molecule is CC(C)(C)S(=O)(=O)CCC(=O)CC1(CN)CCCCC1. The third-order valence-electron chi connectivity index (χ3n) is 4.50. The van der Waals surface area contributed by atoms with Crippen LogP contribution in [0.15, 0.2) is 0 Å². The Balaban J connectivity index is 2.56. The predicted molar refractivity (Wildman–Crippen MR) is 82.4 cm³/mol. The first-order valence-corrected chi connectivity index (χ1v) is 9.21. The highest BCUT2D eigenvalue weighted by Gasteiger charge is 2.34. The van der Waals surface area contributed by atoms with Gasteiger partial charge in [0.2, 0.25) is 0 Å². The standard InChI is InChI=1S/C15H29NO3S/c1-14(2,3)20(18,19)10-7-13(17)11-15(12-16)8-5-4-6-9-15/h4-12,16H2,1-3H3. The topological polar surface area (TPSA) is 77.2 Å². The molecule has 1 saturated carbocycles. The fourth-order valence-corrected chi connectivity index (χ4v) is 3.92. The van der Waals surface area contributed by atoms with Gasteiger partial charge >= 0.3 is 0 Å². The molecule has 0 aromatic carbocycles. The summed E-state index contributed by atoms with van der Waals surface area (Å²) in [6, 6.07) is 0. The molecule has 0 saturated heterocycles. The van der Waals surface area contributed by atoms with Gasteiger partial charge in [0.1, 0.15) is 5.78 Å². The van der Waals surface area contributed by atoms with Gasteiger partial charge in [0, 0.05) is 12.8 Å². The van der Waals surface area contributed by atoms with Crippen LogP contribution in [0.3, 0.4) is 0 Å². The number of sulfone groups is 1. The Morgan fingerprint density at radius 1 is 1.15 bits per heavy atom. The number of Topliss-reactive ketones (excluding diaryl/α,β-unsaturated/α-hetero) is 1. The molecule has 1 fully saturated rings. The number of ketones is 1. The van der Waals surface area contributed by atoms with Gasteiger partial charge < -0.3 is 5.73 Å². The van der Waals surface area contributed by atoms with Crippen molar-refractivity contribution in [3.63, 3.8) is 0 Å². The zero-order chi connectivity index (χ0) is 15.4. The van der Waals surface area contributed by atoms with Crippen molar-refractivity contribution in [3.05, 3.63) is 0 Å². The fourth-order valence-electron chi connectivity index (χ4n) is 2.82. The lowest BCUT2D eigenvalue weighted by atomic mass is 9.71. The maximum absolute atomic E-state index is 12.1. The Morgan fingerprint density at radius 2 is 1.70 bits per heavy atom. The molecule has 0 bridgehead atoms. The van der Waals surface area contributed by atoms with Crippen LogP contribution in [0, 0.1) is 5.41 Å². The van der Waals surface area contributed by atoms with Crippen molar-refractivity contribution in [3.8, 4) is 0 Å². The van der Waals surface area contributed by atoms with Gasteiger partial charge in [-0.2, -0.15) is 0 Å². The predicted octanol–water partition coefficient (Wildman–Crippen LogP) is 2.46. The largest absolute Gasteiger partial charge is 0.330 e. The molecule has 4 nitrogen and oxygen atoms in total. The smallest absolute Gasteiger partial charge is 0.155 e. The highest BCUT2D eigenvalue weighted by atomic mass is 32.2. The van der Waals surface area contributed by atoms with E-state index in [4.69, 9.17) is 5.73 Å². The van der Waals surface area contributed by atoms with Crippen LogP contribution < -0.4 is 5.73 Å². The van der Waals surface area contributed by atoms with Gasteiger partial charge in [0.15, 0.2) is 9.84 Å². The quantitative estimate of drug-likeness (QED) is 0.817. The summed E-state index contributed by atoms with van der Waals surface area (Å²) in [5.74, 6) is 0.000808. The molecule has 1 rings (SSSR count). The molecule has 0 aliphatic heterocycles. The molecule has 0 aromatic heterocycles. The summed E-state index contributed by atoms with van der Waals surface area (Å²) in [6.45, 7) is 5.56. The van der Waals surface area contributed by atoms with E-state index in [9.17, 15) is 13.2 Å². The minimum Gasteiger partial charge on any atom is -0.330 e. The highest BCUT2D eigenvalue weighted by Crippen LogP contribution is 2.38. The second-order valence-corrected chi connectivity index (χ2v) is 10.0. The zero-order valence-electron chi connectivity index (χ0n) is 13.1. The fraction of sp³-hybridized carbons (Fsp3) is 0.933. The van der Waals surface area contributed by atoms with E-state index in [1.807, 2.05) is 0 Å². The average Bonchev–Trinajstić information content (AvgIpc) is 2.36. The van der Waals surface area contributed by atoms with Gasteiger partial charge in [-0.1, -0.05) is 19.3 Å². The van der Waals surface area contributed by atoms with Crippen LogP contribution >= 0.6 is 0 Å². The lowest BCUT2D eigenvalue weighted by Gasteiger charge is -2.35. The first kappa shape index (κ1) is 17.6. The van der Waals surface area contributed by atoms with E-state index in [-0.39, 0.29) is 23.4 Å². The molecule has 2 N–H and O–H groups in total. The van der Waals surface area contributed by atoms with Gasteiger partial charge in [-0.15, -0.1) is 0 Å². The summed E-state index contributed by atoms with van der Waals surface area (Å²) >= 11 is 0. The van der Waals surface area contributed by atoms with Crippen LogP contribution in [0.2, 0.25) is 0 Å². The third-order valence-corrected chi connectivity index (χ3v) is 7.11. The van der Waals surface area contributed by atoms with Crippen LogP contribution in [0.25, 0.3) is 0 Å². The second kappa shape index (κ2) is 6.56. The van der Waals surface area contributed by atoms with Crippen molar-refractivity contribution >= 4 is 15.6 Å². The van der Waals surface area contributed by atoms with Crippen LogP contribution in [0.1, 0.15) is 65.7 Å². The lowest BCUT2D eigenvalue weighted by Crippen LogP contribution is -2.36. The molecule has 0 aromatic rings. The van der Waals surface area contributed by atoms with E-state index in [2.05, 4.69) is 0 Å². The van der Waals surface area contributed by atoms with Crippen LogP contribution in [-0.4, -0.2) is 31.2 Å². The molecule has 20 heavy (non-hydrogen) atoms. The summed E-state index contributed by atoms with van der Waals surface area (Å²) in [5, 5.41) is 0. The van der Waals surface area contributed by atoms with E-state index in [0.29, 0.717) is 13.0 Å². The minimum absolute atomic E-state index is 0.0457. The van der Waals surface area contributed by atoms with E-state index in [1.165, 1.54) is 6.42 Å². The van der Waals surface area contributed by atoms with E-state index >= 15 is 0 Å². The number of hydrogen-bond acceptors (Lipinski definition) is 4. The van der Waals surface area contributed by atoms with Gasteiger partial charge in [-0.25, -0.2) is 8.42 Å². The molecular formula is C15H29NO3S. The lowest BCUT2D eigenvalue weighted by molar-refractivity contribution is -0.121. The summed E-state index contributed by atoms with van der Waals surface area (Å²) < 4.78 is 23.3. The molecule has 0 atom stereocenters. The van der Waals surface area contributed by atoms with Crippen molar-refractivity contribution in [2.24, 2.45) is 11.1 Å². The maximum Gasteiger partial charge on any atom is 0.155 e. The minimum atomic E-state index is -3.21. The normalized spacial score (nSPS) is 19.8. The second-order valence-electron chi connectivity index (χ2n) is 7.16. The van der Waals surface area contributed by atoms with Gasteiger partial charge in [-0.3, -0.25) is 4.79 Å². The molecule has 0 unspecified atom stereocenters. The maximum atomic E-state index is 12.1. The Hall–Kier alpha value is -0.420. The number of hydrogen-bond donors (Lipinski definition) is 1. The van der Waals surface area contributed by atoms with E-state index in [1.54, 1.807) is 20.8 Å². The highest BCUT2D eigenvalue weighted by molar-refractivity contribution is 7.92. The Bertz CT molecular complexity index is 429. The summed E-state index contributed by atoms with van der Waals surface area (Å²) in [4.78, 5) is 12.1. The van der Waals surface area contributed by atoms with Crippen molar-refractivity contribution in [1.82, 2.24) is 0 Å². The molecule has 5 heteroatoms. The van der Waals surface area contributed by atoms with Crippen LogP contribution in [-0.2, 0) is 14.6 Å². The Labute approximate surface area is 123 Å². The van der Waals surface area contributed by atoms with Crippen LogP contribution in [0.4, 0.5) is 0 Å². The van der Waals surface area contributed by atoms with Crippen LogP contribution in [0.5, 0.6) is 0 Å². The molecule has 1 aliphatic rings. The first-order chi connectivity index (χ1) is 9.12. The van der Waals surface area contributed by atoms with E-state index in [0.717, 1.165) is 25.7 Å². The molecule has 118 valence electrons. The monoisotopic (exact) mass is 303 g/mol. The van der Waals surface area contributed by atoms with Crippen molar-refractivity contribution in [1.29, 1.82) is 0 Å². The summed E-state index contributed by atoms with van der Waals surface area (Å²) in [6.07, 6.45) is 6.05. The summed E-state index contributed by atoms with van der Waals surface area (Å²) in [7, 11) is -3.21. The van der Waals surface area contributed by atoms with Crippen molar-refractivity contribution in [2.45, 2.75) is 70.5 Å². The molecular weight excluding hydrogens is 274 g/mol. The molecule has 1 aliphatic carbocycles. The van der Waals surface area contributed by atoms with E-state index < -0.39 is 14.6 Å². The zero-order valence-corrected chi connectivity index (χ0v) is 13.9. The van der Waals surface area contributed by atoms with Gasteiger partial charge in [-0.05, 0) is 45.6 Å². The number of nitrogens with two attached hydrogens (primary N) is 1. The Morgan fingerprint density at radius 3 is 2.15 bits per heavy atom. The van der Waals surface area contributed by atoms with Gasteiger partial charge in [0.25, 0.3) is 0 Å². The first-order valence-electron chi connectivity index (χ1n) is 7.56. The third kappa shape index (κ3) is 4.55. The molecule has 0 radical (unpaired) electrons. The number of carbonyl (C=O) groups is 1. The average molecular weight is 303 g/mol. The number of carbonyl (C=O) groups excluding carboxylic acids is 1. The Kier molecular flexibility index (Phi) is 5.79.